The minimum atomic E-state index is -0.881. The monoisotopic (exact) mass is 574 g/mol. The standard InChI is InChI=1S/C42H35FO/c1-2-3-5-10-30-15-17-31(18-16-30)32-19-21-33(22-20-32)40-29-41-39(37-13-8-9-14-38(37)40)27-28-42(44-41,34-11-6-4-7-12-34)35-23-25-36(43)26-24-35/h4,6-9,11-29H,2-3,5,10H2,1H3. The van der Waals surface area contributed by atoms with Crippen molar-refractivity contribution in [3.8, 4) is 28.0 Å². The zero-order valence-electron chi connectivity index (χ0n) is 25.0. The van der Waals surface area contributed by atoms with Gasteiger partial charge in [0.2, 0.25) is 0 Å². The van der Waals surface area contributed by atoms with Gasteiger partial charge in [0.05, 0.1) is 0 Å². The Kier molecular flexibility index (Phi) is 7.58. The maximum Gasteiger partial charge on any atom is 0.178 e. The molecule has 1 aliphatic heterocycles. The van der Waals surface area contributed by atoms with E-state index in [1.165, 1.54) is 53.5 Å². The second-order valence-corrected chi connectivity index (χ2v) is 11.7. The van der Waals surface area contributed by atoms with Gasteiger partial charge in [0.1, 0.15) is 11.6 Å². The summed E-state index contributed by atoms with van der Waals surface area (Å²) in [7, 11) is 0. The number of unbranched alkanes of at least 4 members (excludes halogenated alkanes) is 2. The average molecular weight is 575 g/mol. The third-order valence-corrected chi connectivity index (χ3v) is 8.83. The number of benzene rings is 6. The topological polar surface area (TPSA) is 9.23 Å². The number of hydrogen-bond donors (Lipinski definition) is 0. The molecule has 0 saturated heterocycles. The van der Waals surface area contributed by atoms with E-state index in [0.717, 1.165) is 45.4 Å². The van der Waals surface area contributed by atoms with Crippen molar-refractivity contribution in [2.75, 3.05) is 0 Å². The van der Waals surface area contributed by atoms with Crippen molar-refractivity contribution in [3.05, 3.63) is 168 Å². The van der Waals surface area contributed by atoms with Crippen LogP contribution in [0.2, 0.25) is 0 Å². The molecule has 1 aliphatic rings. The summed E-state index contributed by atoms with van der Waals surface area (Å²) < 4.78 is 21.0. The highest BCUT2D eigenvalue weighted by atomic mass is 19.1. The molecule has 0 spiro atoms. The van der Waals surface area contributed by atoms with E-state index in [1.54, 1.807) is 0 Å². The van der Waals surface area contributed by atoms with Gasteiger partial charge in [0, 0.05) is 16.7 Å². The normalized spacial score (nSPS) is 15.6. The van der Waals surface area contributed by atoms with Crippen molar-refractivity contribution in [2.24, 2.45) is 0 Å². The van der Waals surface area contributed by atoms with Crippen LogP contribution in [0.4, 0.5) is 4.39 Å². The Labute approximate surface area is 259 Å². The summed E-state index contributed by atoms with van der Waals surface area (Å²) in [6.07, 6.45) is 9.18. The third kappa shape index (κ3) is 5.22. The smallest absolute Gasteiger partial charge is 0.178 e. The van der Waals surface area contributed by atoms with Crippen LogP contribution in [0.1, 0.15) is 48.4 Å². The van der Waals surface area contributed by atoms with Gasteiger partial charge in [0.15, 0.2) is 5.60 Å². The van der Waals surface area contributed by atoms with E-state index in [9.17, 15) is 4.39 Å². The van der Waals surface area contributed by atoms with Crippen molar-refractivity contribution in [2.45, 2.75) is 38.2 Å². The van der Waals surface area contributed by atoms with Gasteiger partial charge in [-0.15, -0.1) is 0 Å². The number of aryl methyl sites for hydroxylation is 1. The molecule has 216 valence electrons. The largest absolute Gasteiger partial charge is 0.473 e. The Hall–Kier alpha value is -4.95. The number of hydrogen-bond acceptors (Lipinski definition) is 1. The van der Waals surface area contributed by atoms with Crippen LogP contribution in [0.15, 0.2) is 140 Å². The molecule has 0 bridgehead atoms. The lowest BCUT2D eigenvalue weighted by Gasteiger charge is -2.36. The van der Waals surface area contributed by atoms with Gasteiger partial charge in [-0.2, -0.15) is 0 Å². The highest BCUT2D eigenvalue weighted by molar-refractivity contribution is 6.03. The molecule has 0 aromatic heterocycles. The molecule has 2 heteroatoms. The summed E-state index contributed by atoms with van der Waals surface area (Å²) in [4.78, 5) is 0. The van der Waals surface area contributed by atoms with Gasteiger partial charge in [-0.1, -0.05) is 135 Å². The van der Waals surface area contributed by atoms with Crippen LogP contribution in [-0.2, 0) is 12.0 Å². The molecular weight excluding hydrogens is 539 g/mol. The van der Waals surface area contributed by atoms with Crippen molar-refractivity contribution in [1.29, 1.82) is 0 Å². The second-order valence-electron chi connectivity index (χ2n) is 11.7. The van der Waals surface area contributed by atoms with E-state index >= 15 is 0 Å². The molecule has 0 N–H and O–H groups in total. The zero-order valence-corrected chi connectivity index (χ0v) is 25.0. The summed E-state index contributed by atoms with van der Waals surface area (Å²) in [5.74, 6) is 0.536. The highest BCUT2D eigenvalue weighted by Gasteiger charge is 2.37. The first kappa shape index (κ1) is 27.9. The van der Waals surface area contributed by atoms with Gasteiger partial charge < -0.3 is 4.74 Å². The number of ether oxygens (including phenoxy) is 1. The fraction of sp³-hybridized carbons (Fsp3) is 0.143. The van der Waals surface area contributed by atoms with Crippen molar-refractivity contribution in [1.82, 2.24) is 0 Å². The lowest BCUT2D eigenvalue weighted by molar-refractivity contribution is 0.161. The van der Waals surface area contributed by atoms with Gasteiger partial charge in [-0.25, -0.2) is 4.39 Å². The second kappa shape index (κ2) is 12.0. The molecule has 7 rings (SSSR count). The molecule has 0 aliphatic carbocycles. The van der Waals surface area contributed by atoms with Crippen LogP contribution in [0.3, 0.4) is 0 Å². The van der Waals surface area contributed by atoms with E-state index in [1.807, 2.05) is 30.3 Å². The Morgan fingerprint density at radius 1 is 0.614 bits per heavy atom. The first-order valence-corrected chi connectivity index (χ1v) is 15.6. The molecule has 6 aromatic rings. The minimum Gasteiger partial charge on any atom is -0.473 e. The van der Waals surface area contributed by atoms with Crippen molar-refractivity contribution >= 4 is 16.8 Å². The number of fused-ring (bicyclic) bond motifs is 3. The quantitative estimate of drug-likeness (QED) is 0.164. The maximum atomic E-state index is 14.0. The van der Waals surface area contributed by atoms with E-state index in [0.29, 0.717) is 0 Å². The van der Waals surface area contributed by atoms with Crippen molar-refractivity contribution in [3.63, 3.8) is 0 Å². The van der Waals surface area contributed by atoms with Gasteiger partial charge in [-0.05, 0) is 81.8 Å². The SMILES string of the molecule is CCCCCc1ccc(-c2ccc(-c3cc4c(c5ccccc35)C=CC(c3ccccc3)(c3ccc(F)cc3)O4)cc2)cc1. The summed E-state index contributed by atoms with van der Waals surface area (Å²) in [5, 5.41) is 2.32. The van der Waals surface area contributed by atoms with Crippen LogP contribution >= 0.6 is 0 Å². The Balaban J connectivity index is 1.28. The molecule has 44 heavy (non-hydrogen) atoms. The molecule has 0 amide bonds. The van der Waals surface area contributed by atoms with E-state index in [2.05, 4.69) is 110 Å². The molecule has 0 fully saturated rings. The predicted octanol–water partition coefficient (Wildman–Crippen LogP) is 11.4. The summed E-state index contributed by atoms with van der Waals surface area (Å²) in [5.41, 5.74) is 8.12. The van der Waals surface area contributed by atoms with Crippen LogP contribution in [0, 0.1) is 5.82 Å². The molecule has 1 atom stereocenters. The molecule has 0 radical (unpaired) electrons. The van der Waals surface area contributed by atoms with E-state index < -0.39 is 5.60 Å². The summed E-state index contributed by atoms with van der Waals surface area (Å²) in [6, 6.07) is 45.3. The molecule has 1 heterocycles. The molecule has 1 unspecified atom stereocenters. The molecule has 1 nitrogen and oxygen atoms in total. The zero-order chi connectivity index (χ0) is 29.9. The van der Waals surface area contributed by atoms with Gasteiger partial charge in [-0.3, -0.25) is 0 Å². The Morgan fingerprint density at radius 2 is 1.23 bits per heavy atom. The fourth-order valence-corrected chi connectivity index (χ4v) is 6.42. The Bertz CT molecular complexity index is 1920. The Morgan fingerprint density at radius 3 is 1.93 bits per heavy atom. The molecular formula is C42H35FO. The van der Waals surface area contributed by atoms with Gasteiger partial charge in [0.25, 0.3) is 0 Å². The van der Waals surface area contributed by atoms with Crippen LogP contribution in [0.25, 0.3) is 39.1 Å². The summed E-state index contributed by atoms with van der Waals surface area (Å²) >= 11 is 0. The molecule has 6 aromatic carbocycles. The number of rotatable bonds is 8. The lowest BCUT2D eigenvalue weighted by atomic mass is 9.82. The van der Waals surface area contributed by atoms with E-state index in [-0.39, 0.29) is 5.82 Å². The van der Waals surface area contributed by atoms with Crippen molar-refractivity contribution < 1.29 is 9.13 Å². The van der Waals surface area contributed by atoms with E-state index in [4.69, 9.17) is 4.74 Å². The number of halogens is 1. The minimum absolute atomic E-state index is 0.267. The van der Waals surface area contributed by atoms with Crippen LogP contribution in [-0.4, -0.2) is 0 Å². The fourth-order valence-electron chi connectivity index (χ4n) is 6.42. The van der Waals surface area contributed by atoms with Crippen LogP contribution in [0.5, 0.6) is 5.75 Å². The highest BCUT2D eigenvalue weighted by Crippen LogP contribution is 2.46. The van der Waals surface area contributed by atoms with Crippen LogP contribution < -0.4 is 4.74 Å². The third-order valence-electron chi connectivity index (χ3n) is 8.83. The summed E-state index contributed by atoms with van der Waals surface area (Å²) in [6.45, 7) is 2.25. The first-order chi connectivity index (χ1) is 21.6. The molecule has 0 saturated carbocycles. The predicted molar refractivity (Wildman–Crippen MR) is 181 cm³/mol. The lowest BCUT2D eigenvalue weighted by Crippen LogP contribution is -2.34. The average Bonchev–Trinajstić information content (AvgIpc) is 3.09. The maximum absolute atomic E-state index is 14.0. The van der Waals surface area contributed by atoms with Gasteiger partial charge >= 0.3 is 0 Å². The first-order valence-electron chi connectivity index (χ1n) is 15.6.